The Labute approximate surface area is 105 Å². The molecule has 0 radical (unpaired) electrons. The van der Waals surface area contributed by atoms with Crippen LogP contribution in [0.15, 0.2) is 36.9 Å². The summed E-state index contributed by atoms with van der Waals surface area (Å²) >= 11 is 0. The highest BCUT2D eigenvalue weighted by atomic mass is 16.3. The van der Waals surface area contributed by atoms with E-state index in [0.29, 0.717) is 18.7 Å². The van der Waals surface area contributed by atoms with E-state index in [2.05, 4.69) is 10.3 Å². The molecular weight excluding hydrogens is 230 g/mol. The van der Waals surface area contributed by atoms with Gasteiger partial charge < -0.3 is 15.0 Å². The van der Waals surface area contributed by atoms with Gasteiger partial charge in [0.1, 0.15) is 5.75 Å². The molecule has 0 spiro atoms. The van der Waals surface area contributed by atoms with Crippen LogP contribution in [0.4, 0.5) is 0 Å². The number of amides is 1. The van der Waals surface area contributed by atoms with Crippen LogP contribution in [0.25, 0.3) is 0 Å². The Kier molecular flexibility index (Phi) is 3.62. The number of nitrogens with one attached hydrogen (secondary N) is 1. The Morgan fingerprint density at radius 2 is 2.33 bits per heavy atom. The zero-order chi connectivity index (χ0) is 13.0. The van der Waals surface area contributed by atoms with E-state index < -0.39 is 0 Å². The number of benzene rings is 1. The molecule has 0 aliphatic rings. The molecule has 18 heavy (non-hydrogen) atoms. The summed E-state index contributed by atoms with van der Waals surface area (Å²) in [5, 5.41) is 12.1. The molecule has 0 bridgehead atoms. The standard InChI is InChI=1S/C13H15N3O2/c1-10-8-11(17)2-3-12(10)13(18)15-5-7-16-6-4-14-9-16/h2-4,6,8-9,17H,5,7H2,1H3,(H,15,18). The summed E-state index contributed by atoms with van der Waals surface area (Å²) in [5.41, 5.74) is 1.34. The van der Waals surface area contributed by atoms with Crippen LogP contribution in [-0.2, 0) is 6.54 Å². The molecule has 2 N–H and O–H groups in total. The zero-order valence-corrected chi connectivity index (χ0v) is 10.1. The molecule has 0 unspecified atom stereocenters. The Bertz CT molecular complexity index is 535. The van der Waals surface area contributed by atoms with Crippen LogP contribution >= 0.6 is 0 Å². The van der Waals surface area contributed by atoms with E-state index in [1.807, 2.05) is 10.8 Å². The number of aryl methyl sites for hydroxylation is 1. The summed E-state index contributed by atoms with van der Waals surface area (Å²) in [6, 6.07) is 4.71. The van der Waals surface area contributed by atoms with E-state index in [1.54, 1.807) is 31.6 Å². The molecule has 0 saturated carbocycles. The number of carbonyl (C=O) groups is 1. The van der Waals surface area contributed by atoms with Crippen molar-refractivity contribution in [1.82, 2.24) is 14.9 Å². The van der Waals surface area contributed by atoms with Gasteiger partial charge in [-0.15, -0.1) is 0 Å². The van der Waals surface area contributed by atoms with Gasteiger partial charge in [-0.3, -0.25) is 4.79 Å². The van der Waals surface area contributed by atoms with Gasteiger partial charge in [0, 0.05) is 31.0 Å². The van der Waals surface area contributed by atoms with Gasteiger partial charge in [0.15, 0.2) is 0 Å². The fraction of sp³-hybridized carbons (Fsp3) is 0.231. The van der Waals surface area contributed by atoms with Gasteiger partial charge in [-0.25, -0.2) is 4.98 Å². The maximum absolute atomic E-state index is 11.9. The largest absolute Gasteiger partial charge is 0.508 e. The first-order valence-electron chi connectivity index (χ1n) is 5.70. The van der Waals surface area contributed by atoms with Crippen molar-refractivity contribution in [1.29, 1.82) is 0 Å². The Morgan fingerprint density at radius 1 is 1.50 bits per heavy atom. The second-order valence-corrected chi connectivity index (χ2v) is 4.06. The topological polar surface area (TPSA) is 67.2 Å². The van der Waals surface area contributed by atoms with Crippen LogP contribution in [0.5, 0.6) is 5.75 Å². The van der Waals surface area contributed by atoms with Crippen LogP contribution < -0.4 is 5.32 Å². The van der Waals surface area contributed by atoms with Gasteiger partial charge in [-0.2, -0.15) is 0 Å². The van der Waals surface area contributed by atoms with E-state index in [1.165, 1.54) is 6.07 Å². The maximum Gasteiger partial charge on any atom is 0.251 e. The molecule has 5 nitrogen and oxygen atoms in total. The van der Waals surface area contributed by atoms with Crippen molar-refractivity contribution in [2.75, 3.05) is 6.54 Å². The first-order chi connectivity index (χ1) is 8.66. The highest BCUT2D eigenvalue weighted by molar-refractivity contribution is 5.95. The molecule has 1 amide bonds. The first kappa shape index (κ1) is 12.2. The predicted molar refractivity (Wildman–Crippen MR) is 67.4 cm³/mol. The SMILES string of the molecule is Cc1cc(O)ccc1C(=O)NCCn1ccnc1. The Balaban J connectivity index is 1.91. The van der Waals surface area contributed by atoms with Crippen molar-refractivity contribution in [3.05, 3.63) is 48.0 Å². The third-order valence-electron chi connectivity index (χ3n) is 2.67. The lowest BCUT2D eigenvalue weighted by Gasteiger charge is -2.08. The van der Waals surface area contributed by atoms with Crippen LogP contribution in [0.2, 0.25) is 0 Å². The third-order valence-corrected chi connectivity index (χ3v) is 2.67. The minimum atomic E-state index is -0.132. The molecule has 2 rings (SSSR count). The molecule has 0 aliphatic heterocycles. The molecule has 0 aliphatic carbocycles. The van der Waals surface area contributed by atoms with Crippen molar-refractivity contribution in [2.24, 2.45) is 0 Å². The van der Waals surface area contributed by atoms with Crippen LogP contribution in [0.1, 0.15) is 15.9 Å². The molecule has 1 heterocycles. The van der Waals surface area contributed by atoms with Crippen LogP contribution in [0.3, 0.4) is 0 Å². The highest BCUT2D eigenvalue weighted by Crippen LogP contribution is 2.15. The lowest BCUT2D eigenvalue weighted by molar-refractivity contribution is 0.0951. The maximum atomic E-state index is 11.9. The van der Waals surface area contributed by atoms with Crippen molar-refractivity contribution in [3.8, 4) is 5.75 Å². The number of hydrogen-bond donors (Lipinski definition) is 2. The van der Waals surface area contributed by atoms with E-state index in [-0.39, 0.29) is 11.7 Å². The summed E-state index contributed by atoms with van der Waals surface area (Å²) in [7, 11) is 0. The van der Waals surface area contributed by atoms with E-state index in [4.69, 9.17) is 0 Å². The third kappa shape index (κ3) is 2.88. The quantitative estimate of drug-likeness (QED) is 0.853. The van der Waals surface area contributed by atoms with Crippen LogP contribution in [0, 0.1) is 6.92 Å². The summed E-state index contributed by atoms with van der Waals surface area (Å²) in [6.45, 7) is 3.02. The van der Waals surface area contributed by atoms with Gasteiger partial charge in [0.25, 0.3) is 5.91 Å². The van der Waals surface area contributed by atoms with E-state index in [0.717, 1.165) is 5.56 Å². The van der Waals surface area contributed by atoms with E-state index in [9.17, 15) is 9.90 Å². The monoisotopic (exact) mass is 245 g/mol. The fourth-order valence-corrected chi connectivity index (χ4v) is 1.72. The fourth-order valence-electron chi connectivity index (χ4n) is 1.72. The lowest BCUT2D eigenvalue weighted by atomic mass is 10.1. The number of hydrogen-bond acceptors (Lipinski definition) is 3. The molecule has 0 atom stereocenters. The number of phenols is 1. The molecule has 94 valence electrons. The number of imidazole rings is 1. The van der Waals surface area contributed by atoms with Gasteiger partial charge in [0.05, 0.1) is 6.33 Å². The normalized spacial score (nSPS) is 10.3. The van der Waals surface area contributed by atoms with Gasteiger partial charge in [-0.05, 0) is 30.7 Å². The number of phenolic OH excluding ortho intramolecular Hbond substituents is 1. The minimum Gasteiger partial charge on any atom is -0.508 e. The number of aromatic nitrogens is 2. The van der Waals surface area contributed by atoms with Crippen molar-refractivity contribution < 1.29 is 9.90 Å². The number of rotatable bonds is 4. The molecule has 2 aromatic rings. The van der Waals surface area contributed by atoms with Crippen LogP contribution in [-0.4, -0.2) is 27.1 Å². The Hall–Kier alpha value is -2.30. The summed E-state index contributed by atoms with van der Waals surface area (Å²) in [4.78, 5) is 15.8. The minimum absolute atomic E-state index is 0.132. The lowest BCUT2D eigenvalue weighted by Crippen LogP contribution is -2.27. The number of nitrogens with zero attached hydrogens (tertiary/aromatic N) is 2. The second kappa shape index (κ2) is 5.35. The average Bonchev–Trinajstić information content (AvgIpc) is 2.81. The zero-order valence-electron chi connectivity index (χ0n) is 10.1. The summed E-state index contributed by atoms with van der Waals surface area (Å²) < 4.78 is 1.89. The second-order valence-electron chi connectivity index (χ2n) is 4.06. The average molecular weight is 245 g/mol. The summed E-state index contributed by atoms with van der Waals surface area (Å²) in [6.07, 6.45) is 5.25. The van der Waals surface area contributed by atoms with Crippen molar-refractivity contribution in [3.63, 3.8) is 0 Å². The molecule has 1 aromatic carbocycles. The van der Waals surface area contributed by atoms with Gasteiger partial charge in [0.2, 0.25) is 0 Å². The molecular formula is C13H15N3O2. The van der Waals surface area contributed by atoms with Crippen molar-refractivity contribution >= 4 is 5.91 Å². The smallest absolute Gasteiger partial charge is 0.251 e. The molecule has 0 fully saturated rings. The summed E-state index contributed by atoms with van der Waals surface area (Å²) in [5.74, 6) is 0.0371. The van der Waals surface area contributed by atoms with Gasteiger partial charge in [-0.1, -0.05) is 0 Å². The molecule has 5 heteroatoms. The molecule has 0 saturated heterocycles. The predicted octanol–water partition coefficient (Wildman–Crippen LogP) is 1.33. The Morgan fingerprint density at radius 3 is 3.00 bits per heavy atom. The van der Waals surface area contributed by atoms with Gasteiger partial charge >= 0.3 is 0 Å². The highest BCUT2D eigenvalue weighted by Gasteiger charge is 2.08. The first-order valence-corrected chi connectivity index (χ1v) is 5.70. The van der Waals surface area contributed by atoms with E-state index >= 15 is 0 Å². The number of carbonyl (C=O) groups excluding carboxylic acids is 1. The molecule has 1 aromatic heterocycles. The van der Waals surface area contributed by atoms with Crippen molar-refractivity contribution in [2.45, 2.75) is 13.5 Å². The number of aromatic hydroxyl groups is 1.